The molecule has 31 heavy (non-hydrogen) atoms. The van der Waals surface area contributed by atoms with Gasteiger partial charge < -0.3 is 9.15 Å². The zero-order chi connectivity index (χ0) is 21.6. The summed E-state index contributed by atoms with van der Waals surface area (Å²) in [7, 11) is 0. The van der Waals surface area contributed by atoms with E-state index in [0.29, 0.717) is 21.6 Å². The lowest BCUT2D eigenvalue weighted by molar-refractivity contribution is -0.123. The molecule has 0 unspecified atom stereocenters. The molecule has 0 aliphatic rings. The lowest BCUT2D eigenvalue weighted by Gasteiger charge is -2.08. The summed E-state index contributed by atoms with van der Waals surface area (Å²) in [4.78, 5) is 13.1. The maximum absolute atomic E-state index is 12.1. The molecule has 0 spiro atoms. The molecule has 8 heteroatoms. The van der Waals surface area contributed by atoms with Crippen LogP contribution >= 0.6 is 39.3 Å². The van der Waals surface area contributed by atoms with Crippen LogP contribution in [0.2, 0.25) is 5.02 Å². The molecule has 0 aliphatic heterocycles. The fourth-order valence-corrected chi connectivity index (χ4v) is 4.23. The maximum atomic E-state index is 12.1. The minimum atomic E-state index is -0.370. The van der Waals surface area contributed by atoms with Crippen molar-refractivity contribution in [3.05, 3.63) is 88.1 Å². The number of benzene rings is 3. The third-order valence-corrected chi connectivity index (χ3v) is 6.29. The molecule has 5 nitrogen and oxygen atoms in total. The number of carbonyl (C=O) groups excluding carboxylic acids is 1. The van der Waals surface area contributed by atoms with E-state index in [1.807, 2.05) is 66.7 Å². The Kier molecular flexibility index (Phi) is 6.96. The predicted octanol–water partition coefficient (Wildman–Crippen LogP) is 6.53. The number of fused-ring (bicyclic) bond motifs is 1. The summed E-state index contributed by atoms with van der Waals surface area (Å²) < 4.78 is 12.2. The van der Waals surface area contributed by atoms with Gasteiger partial charge in [-0.15, -0.1) is 0 Å². The molecule has 156 valence electrons. The standard InChI is InChI=1S/C23H16BrClN2O3S/c24-20-12-17(30-23(20)31-18-10-8-16(25)9-11-18)13-26-27-22(28)14-29-21-7-3-5-15-4-1-2-6-19(15)21/h1-13H,14H2,(H,27,28)/b26-13+. The molecule has 1 heterocycles. The highest BCUT2D eigenvalue weighted by atomic mass is 79.9. The second-order valence-electron chi connectivity index (χ2n) is 6.40. The van der Waals surface area contributed by atoms with Gasteiger partial charge in [0.05, 0.1) is 10.7 Å². The molecular weight excluding hydrogens is 500 g/mol. The summed E-state index contributed by atoms with van der Waals surface area (Å²) in [5, 5.41) is 7.30. The Morgan fingerprint density at radius 3 is 2.74 bits per heavy atom. The quantitative estimate of drug-likeness (QED) is 0.224. The van der Waals surface area contributed by atoms with Gasteiger partial charge in [-0.05, 0) is 51.6 Å². The highest BCUT2D eigenvalue weighted by Crippen LogP contribution is 2.36. The number of rotatable bonds is 7. The SMILES string of the molecule is O=C(COc1cccc2ccccc12)N/N=C/c1cc(Br)c(Sc2ccc(Cl)cc2)o1. The summed E-state index contributed by atoms with van der Waals surface area (Å²) in [6, 6.07) is 22.8. The summed E-state index contributed by atoms with van der Waals surface area (Å²) >= 11 is 10.8. The number of hydrazone groups is 1. The smallest absolute Gasteiger partial charge is 0.277 e. The van der Waals surface area contributed by atoms with E-state index in [0.717, 1.165) is 20.1 Å². The third-order valence-electron chi connectivity index (χ3n) is 4.19. The van der Waals surface area contributed by atoms with E-state index in [2.05, 4.69) is 26.5 Å². The van der Waals surface area contributed by atoms with Gasteiger partial charge in [0.25, 0.3) is 5.91 Å². The molecule has 0 bridgehead atoms. The van der Waals surface area contributed by atoms with Crippen molar-refractivity contribution in [2.45, 2.75) is 9.99 Å². The van der Waals surface area contributed by atoms with Crippen molar-refractivity contribution < 1.29 is 13.9 Å². The van der Waals surface area contributed by atoms with Gasteiger partial charge in [-0.25, -0.2) is 5.43 Å². The van der Waals surface area contributed by atoms with Crippen molar-refractivity contribution in [3.63, 3.8) is 0 Å². The highest BCUT2D eigenvalue weighted by Gasteiger charge is 2.10. The molecule has 0 saturated carbocycles. The number of hydrogen-bond acceptors (Lipinski definition) is 5. The Morgan fingerprint density at radius 1 is 1.13 bits per heavy atom. The van der Waals surface area contributed by atoms with Crippen LogP contribution in [0.25, 0.3) is 10.8 Å². The van der Waals surface area contributed by atoms with Crippen LogP contribution in [0.1, 0.15) is 5.76 Å². The first-order valence-electron chi connectivity index (χ1n) is 9.24. The lowest BCUT2D eigenvalue weighted by Crippen LogP contribution is -2.24. The first-order valence-corrected chi connectivity index (χ1v) is 11.2. The zero-order valence-electron chi connectivity index (χ0n) is 16.0. The molecule has 0 fully saturated rings. The second kappa shape index (κ2) is 10.0. The van der Waals surface area contributed by atoms with E-state index in [1.165, 1.54) is 18.0 Å². The molecule has 4 rings (SSSR count). The molecular formula is C23H16BrClN2O3S. The van der Waals surface area contributed by atoms with Crippen molar-refractivity contribution in [1.29, 1.82) is 0 Å². The van der Waals surface area contributed by atoms with Gasteiger partial charge in [-0.2, -0.15) is 5.10 Å². The number of halogens is 2. The first-order chi connectivity index (χ1) is 15.1. The van der Waals surface area contributed by atoms with Crippen LogP contribution in [0.5, 0.6) is 5.75 Å². The van der Waals surface area contributed by atoms with E-state index in [-0.39, 0.29) is 12.5 Å². The fraction of sp³-hybridized carbons (Fsp3) is 0.0435. The molecule has 0 saturated heterocycles. The monoisotopic (exact) mass is 514 g/mol. The van der Waals surface area contributed by atoms with E-state index < -0.39 is 0 Å². The van der Waals surface area contributed by atoms with Gasteiger partial charge in [0.1, 0.15) is 11.5 Å². The van der Waals surface area contributed by atoms with Crippen LogP contribution in [0.3, 0.4) is 0 Å². The number of nitrogens with one attached hydrogen (secondary N) is 1. The van der Waals surface area contributed by atoms with Gasteiger partial charge in [0.15, 0.2) is 11.7 Å². The number of amides is 1. The number of nitrogens with zero attached hydrogens (tertiary/aromatic N) is 1. The number of carbonyl (C=O) groups is 1. The average Bonchev–Trinajstić information content (AvgIpc) is 3.12. The molecule has 0 atom stereocenters. The van der Waals surface area contributed by atoms with Crippen LogP contribution < -0.4 is 10.2 Å². The number of ether oxygens (including phenoxy) is 1. The van der Waals surface area contributed by atoms with Crippen LogP contribution in [0.15, 0.2) is 96.8 Å². The molecule has 0 radical (unpaired) electrons. The van der Waals surface area contributed by atoms with Crippen LogP contribution in [-0.4, -0.2) is 18.7 Å². The summed E-state index contributed by atoms with van der Waals surface area (Å²) in [5.41, 5.74) is 2.44. The zero-order valence-corrected chi connectivity index (χ0v) is 19.2. The van der Waals surface area contributed by atoms with E-state index in [4.69, 9.17) is 20.8 Å². The van der Waals surface area contributed by atoms with Gasteiger partial charge in [0.2, 0.25) is 0 Å². The summed E-state index contributed by atoms with van der Waals surface area (Å²) in [5.74, 6) is 0.778. The summed E-state index contributed by atoms with van der Waals surface area (Å²) in [6.07, 6.45) is 1.44. The van der Waals surface area contributed by atoms with Crippen LogP contribution in [0, 0.1) is 0 Å². The predicted molar refractivity (Wildman–Crippen MR) is 127 cm³/mol. The van der Waals surface area contributed by atoms with E-state index in [9.17, 15) is 4.79 Å². The Morgan fingerprint density at radius 2 is 1.90 bits per heavy atom. The third kappa shape index (κ3) is 5.70. The number of hydrogen-bond donors (Lipinski definition) is 1. The normalized spacial score (nSPS) is 11.2. The minimum Gasteiger partial charge on any atom is -0.483 e. The first kappa shape index (κ1) is 21.5. The molecule has 3 aromatic carbocycles. The van der Waals surface area contributed by atoms with Crippen LogP contribution in [0.4, 0.5) is 0 Å². The van der Waals surface area contributed by atoms with Crippen molar-refractivity contribution in [3.8, 4) is 5.75 Å². The fourth-order valence-electron chi connectivity index (χ4n) is 2.78. The van der Waals surface area contributed by atoms with Gasteiger partial charge in [-0.3, -0.25) is 4.79 Å². The lowest BCUT2D eigenvalue weighted by atomic mass is 10.1. The largest absolute Gasteiger partial charge is 0.483 e. The Bertz CT molecular complexity index is 1240. The van der Waals surface area contributed by atoms with Crippen LogP contribution in [-0.2, 0) is 4.79 Å². The van der Waals surface area contributed by atoms with Crippen molar-refractivity contribution in [1.82, 2.24) is 5.43 Å². The average molecular weight is 516 g/mol. The molecule has 0 aliphatic carbocycles. The second-order valence-corrected chi connectivity index (χ2v) is 8.74. The van der Waals surface area contributed by atoms with Gasteiger partial charge in [-0.1, -0.05) is 59.8 Å². The molecule has 4 aromatic rings. The maximum Gasteiger partial charge on any atom is 0.277 e. The topological polar surface area (TPSA) is 63.8 Å². The van der Waals surface area contributed by atoms with Gasteiger partial charge in [0, 0.05) is 21.4 Å². The number of furan rings is 1. The highest BCUT2D eigenvalue weighted by molar-refractivity contribution is 9.10. The van der Waals surface area contributed by atoms with Gasteiger partial charge >= 0.3 is 0 Å². The Balaban J connectivity index is 1.32. The molecule has 1 N–H and O–H groups in total. The molecule has 1 amide bonds. The molecule has 1 aromatic heterocycles. The Hall–Kier alpha value is -2.74. The Labute approximate surface area is 196 Å². The van der Waals surface area contributed by atoms with E-state index >= 15 is 0 Å². The van der Waals surface area contributed by atoms with E-state index in [1.54, 1.807) is 6.07 Å². The van der Waals surface area contributed by atoms with Crippen molar-refractivity contribution in [2.75, 3.05) is 6.61 Å². The van der Waals surface area contributed by atoms with Crippen molar-refractivity contribution >= 4 is 62.2 Å². The minimum absolute atomic E-state index is 0.148. The summed E-state index contributed by atoms with van der Waals surface area (Å²) in [6.45, 7) is -0.148. The van der Waals surface area contributed by atoms with Crippen molar-refractivity contribution in [2.24, 2.45) is 5.10 Å².